The van der Waals surface area contributed by atoms with Crippen LogP contribution in [-0.2, 0) is 9.53 Å². The smallest absolute Gasteiger partial charge is 0.234 e. The molecular formula is C16H20N4O2S. The van der Waals surface area contributed by atoms with Gasteiger partial charge in [0.2, 0.25) is 11.1 Å². The lowest BCUT2D eigenvalue weighted by atomic mass is 10.1. The summed E-state index contributed by atoms with van der Waals surface area (Å²) in [6.45, 7) is 4.85. The van der Waals surface area contributed by atoms with Crippen LogP contribution < -0.4 is 5.32 Å². The molecular weight excluding hydrogens is 312 g/mol. The summed E-state index contributed by atoms with van der Waals surface area (Å²) in [6.07, 6.45) is 2.03. The second kappa shape index (κ2) is 7.14. The van der Waals surface area contributed by atoms with Crippen LogP contribution in [0, 0.1) is 13.8 Å². The fourth-order valence-corrected chi connectivity index (χ4v) is 3.01. The number of ether oxygens (including phenoxy) is 1. The summed E-state index contributed by atoms with van der Waals surface area (Å²) in [7, 11) is 0. The molecule has 0 aliphatic carbocycles. The number of aryl methyl sites for hydroxylation is 2. The van der Waals surface area contributed by atoms with Crippen LogP contribution in [0.1, 0.15) is 35.9 Å². The summed E-state index contributed by atoms with van der Waals surface area (Å²) < 4.78 is 5.56. The fourth-order valence-electron chi connectivity index (χ4n) is 2.41. The van der Waals surface area contributed by atoms with Gasteiger partial charge in [-0.2, -0.15) is 0 Å². The van der Waals surface area contributed by atoms with E-state index in [1.54, 1.807) is 0 Å². The lowest BCUT2D eigenvalue weighted by Crippen LogP contribution is -2.14. The molecule has 1 aromatic carbocycles. The number of hydrogen-bond acceptors (Lipinski definition) is 5. The van der Waals surface area contributed by atoms with Gasteiger partial charge in [0, 0.05) is 12.3 Å². The van der Waals surface area contributed by atoms with Crippen LogP contribution >= 0.6 is 11.8 Å². The predicted molar refractivity (Wildman–Crippen MR) is 89.6 cm³/mol. The van der Waals surface area contributed by atoms with Crippen molar-refractivity contribution in [1.29, 1.82) is 0 Å². The van der Waals surface area contributed by atoms with Crippen molar-refractivity contribution in [2.75, 3.05) is 17.7 Å². The number of H-pyrrole nitrogens is 1. The first-order chi connectivity index (χ1) is 11.1. The predicted octanol–water partition coefficient (Wildman–Crippen LogP) is 3.00. The standard InChI is InChI=1S/C16H20N4O2S/c1-10-5-6-12(8-11(10)2)17-14(21)9-23-16-18-15(19-20-16)13-4-3-7-22-13/h5-6,8,13H,3-4,7,9H2,1-2H3,(H,17,21)(H,18,19,20)/t13-/m1/s1. The van der Waals surface area contributed by atoms with E-state index in [9.17, 15) is 4.79 Å². The summed E-state index contributed by atoms with van der Waals surface area (Å²) in [6, 6.07) is 5.88. The lowest BCUT2D eigenvalue weighted by molar-refractivity contribution is -0.113. The van der Waals surface area contributed by atoms with Crippen molar-refractivity contribution in [1.82, 2.24) is 15.2 Å². The minimum atomic E-state index is -0.0679. The first-order valence-electron chi connectivity index (χ1n) is 7.65. The molecule has 0 unspecified atom stereocenters. The number of aromatic amines is 1. The zero-order chi connectivity index (χ0) is 16.2. The number of amides is 1. The van der Waals surface area contributed by atoms with Crippen molar-refractivity contribution in [3.05, 3.63) is 35.2 Å². The van der Waals surface area contributed by atoms with E-state index in [4.69, 9.17) is 4.74 Å². The van der Waals surface area contributed by atoms with Gasteiger partial charge in [-0.25, -0.2) is 4.98 Å². The third-order valence-electron chi connectivity index (χ3n) is 3.84. The number of rotatable bonds is 5. The molecule has 0 saturated carbocycles. The maximum Gasteiger partial charge on any atom is 0.234 e. The van der Waals surface area contributed by atoms with Crippen molar-refractivity contribution < 1.29 is 9.53 Å². The van der Waals surface area contributed by atoms with Gasteiger partial charge < -0.3 is 10.1 Å². The Kier molecular flexibility index (Phi) is 4.97. The van der Waals surface area contributed by atoms with Gasteiger partial charge in [0.25, 0.3) is 0 Å². The quantitative estimate of drug-likeness (QED) is 0.823. The van der Waals surface area contributed by atoms with Crippen molar-refractivity contribution in [3.8, 4) is 0 Å². The van der Waals surface area contributed by atoms with Gasteiger partial charge in [-0.1, -0.05) is 17.8 Å². The number of benzene rings is 1. The Morgan fingerprint density at radius 3 is 3.04 bits per heavy atom. The zero-order valence-corrected chi connectivity index (χ0v) is 14.1. The molecule has 1 amide bonds. The number of anilines is 1. The Morgan fingerprint density at radius 1 is 1.43 bits per heavy atom. The van der Waals surface area contributed by atoms with Gasteiger partial charge in [0.15, 0.2) is 5.82 Å². The molecule has 2 heterocycles. The van der Waals surface area contributed by atoms with E-state index in [0.717, 1.165) is 36.5 Å². The second-order valence-corrected chi connectivity index (χ2v) is 6.58. The fraction of sp³-hybridized carbons (Fsp3) is 0.438. The number of thioether (sulfide) groups is 1. The largest absolute Gasteiger partial charge is 0.370 e. The first-order valence-corrected chi connectivity index (χ1v) is 8.64. The molecule has 2 N–H and O–H groups in total. The molecule has 1 saturated heterocycles. The zero-order valence-electron chi connectivity index (χ0n) is 13.3. The molecule has 1 aromatic heterocycles. The Bertz CT molecular complexity index is 695. The van der Waals surface area contributed by atoms with Crippen molar-refractivity contribution >= 4 is 23.4 Å². The Balaban J connectivity index is 1.51. The highest BCUT2D eigenvalue weighted by Gasteiger charge is 2.21. The van der Waals surface area contributed by atoms with Gasteiger partial charge in [-0.3, -0.25) is 9.89 Å². The van der Waals surface area contributed by atoms with E-state index in [1.165, 1.54) is 17.3 Å². The van der Waals surface area contributed by atoms with E-state index in [2.05, 4.69) is 20.5 Å². The normalized spacial score (nSPS) is 17.4. The third kappa shape index (κ3) is 4.11. The second-order valence-electron chi connectivity index (χ2n) is 5.64. The van der Waals surface area contributed by atoms with Gasteiger partial charge in [0.1, 0.15) is 6.10 Å². The number of carbonyl (C=O) groups excluding carboxylic acids is 1. The molecule has 1 atom stereocenters. The van der Waals surface area contributed by atoms with Crippen LogP contribution in [0.2, 0.25) is 0 Å². The Labute approximate surface area is 139 Å². The summed E-state index contributed by atoms with van der Waals surface area (Å²) in [5.41, 5.74) is 3.18. The molecule has 6 nitrogen and oxygen atoms in total. The van der Waals surface area contributed by atoms with Crippen LogP contribution in [-0.4, -0.2) is 33.4 Å². The van der Waals surface area contributed by atoms with Crippen LogP contribution in [0.5, 0.6) is 0 Å². The average Bonchev–Trinajstić information content (AvgIpc) is 3.19. The number of carbonyl (C=O) groups is 1. The van der Waals surface area contributed by atoms with Gasteiger partial charge >= 0.3 is 0 Å². The molecule has 1 aliphatic rings. The molecule has 0 radical (unpaired) electrons. The summed E-state index contributed by atoms with van der Waals surface area (Å²) in [4.78, 5) is 16.4. The van der Waals surface area contributed by atoms with Crippen LogP contribution in [0.4, 0.5) is 5.69 Å². The highest BCUT2D eigenvalue weighted by Crippen LogP contribution is 2.27. The molecule has 23 heavy (non-hydrogen) atoms. The minimum Gasteiger partial charge on any atom is -0.370 e. The van der Waals surface area contributed by atoms with Crippen molar-refractivity contribution in [2.45, 2.75) is 37.9 Å². The molecule has 1 aliphatic heterocycles. The van der Waals surface area contributed by atoms with E-state index in [0.29, 0.717) is 5.16 Å². The van der Waals surface area contributed by atoms with Gasteiger partial charge in [0.05, 0.1) is 5.75 Å². The number of aromatic nitrogens is 3. The van der Waals surface area contributed by atoms with Crippen LogP contribution in [0.25, 0.3) is 0 Å². The average molecular weight is 332 g/mol. The van der Waals surface area contributed by atoms with Crippen LogP contribution in [0.15, 0.2) is 23.4 Å². The highest BCUT2D eigenvalue weighted by molar-refractivity contribution is 7.99. The number of nitrogens with one attached hydrogen (secondary N) is 2. The van der Waals surface area contributed by atoms with E-state index >= 15 is 0 Å². The lowest BCUT2D eigenvalue weighted by Gasteiger charge is -2.06. The van der Waals surface area contributed by atoms with Crippen LogP contribution in [0.3, 0.4) is 0 Å². The third-order valence-corrected chi connectivity index (χ3v) is 4.69. The monoisotopic (exact) mass is 332 g/mol. The molecule has 2 aromatic rings. The number of hydrogen-bond donors (Lipinski definition) is 2. The maximum atomic E-state index is 12.0. The molecule has 122 valence electrons. The van der Waals surface area contributed by atoms with Gasteiger partial charge in [-0.15, -0.1) is 5.10 Å². The van der Waals surface area contributed by atoms with Gasteiger partial charge in [-0.05, 0) is 49.9 Å². The number of nitrogens with zero attached hydrogens (tertiary/aromatic N) is 2. The Hall–Kier alpha value is -1.86. The summed E-state index contributed by atoms with van der Waals surface area (Å²) in [5, 5.41) is 10.5. The molecule has 0 bridgehead atoms. The highest BCUT2D eigenvalue weighted by atomic mass is 32.2. The Morgan fingerprint density at radius 2 is 2.30 bits per heavy atom. The minimum absolute atomic E-state index is 0.0150. The molecule has 0 spiro atoms. The van der Waals surface area contributed by atoms with Crippen molar-refractivity contribution in [3.63, 3.8) is 0 Å². The molecule has 7 heteroatoms. The first kappa shape index (κ1) is 16.0. The SMILES string of the molecule is Cc1ccc(NC(=O)CSc2n[nH]c([C@H]3CCCO3)n2)cc1C. The molecule has 3 rings (SSSR count). The van der Waals surface area contributed by atoms with E-state index in [1.807, 2.05) is 32.0 Å². The van der Waals surface area contributed by atoms with E-state index in [-0.39, 0.29) is 17.8 Å². The van der Waals surface area contributed by atoms with E-state index < -0.39 is 0 Å². The maximum absolute atomic E-state index is 12.0. The summed E-state index contributed by atoms with van der Waals surface area (Å²) >= 11 is 1.31. The topological polar surface area (TPSA) is 79.9 Å². The van der Waals surface area contributed by atoms with Crippen molar-refractivity contribution in [2.24, 2.45) is 0 Å². The summed E-state index contributed by atoms with van der Waals surface area (Å²) in [5.74, 6) is 0.955. The molecule has 1 fully saturated rings.